The molecule has 12 heteroatoms. The molecular weight excluding hydrogens is 476 g/mol. The van der Waals surface area contributed by atoms with E-state index in [4.69, 9.17) is 9.47 Å². The van der Waals surface area contributed by atoms with Crippen LogP contribution in [0.4, 0.5) is 0 Å². The molecule has 2 amide bonds. The summed E-state index contributed by atoms with van der Waals surface area (Å²) in [6.45, 7) is 1.92. The zero-order chi connectivity index (χ0) is 25.6. The van der Waals surface area contributed by atoms with Gasteiger partial charge in [-0.2, -0.15) is 4.31 Å². The minimum Gasteiger partial charge on any atom is -0.497 e. The van der Waals surface area contributed by atoms with Gasteiger partial charge in [-0.25, -0.2) is 13.2 Å². The molecule has 194 valence electrons. The van der Waals surface area contributed by atoms with Crippen molar-refractivity contribution in [1.29, 1.82) is 0 Å². The molecule has 0 spiro atoms. The van der Waals surface area contributed by atoms with Crippen molar-refractivity contribution in [3.63, 3.8) is 0 Å². The molecule has 0 bridgehead atoms. The van der Waals surface area contributed by atoms with E-state index in [1.807, 2.05) is 0 Å². The van der Waals surface area contributed by atoms with Crippen LogP contribution < -0.4 is 15.4 Å². The second-order valence-corrected chi connectivity index (χ2v) is 10.9. The van der Waals surface area contributed by atoms with Crippen molar-refractivity contribution >= 4 is 27.8 Å². The van der Waals surface area contributed by atoms with Crippen LogP contribution in [0.3, 0.4) is 0 Å². The minimum atomic E-state index is -3.72. The zero-order valence-electron chi connectivity index (χ0n) is 20.4. The predicted octanol–water partition coefficient (Wildman–Crippen LogP) is -1.66. The lowest BCUT2D eigenvalue weighted by Gasteiger charge is -2.40. The van der Waals surface area contributed by atoms with Gasteiger partial charge in [-0.1, -0.05) is 12.1 Å². The van der Waals surface area contributed by atoms with Crippen molar-refractivity contribution in [3.8, 4) is 5.75 Å². The molecular formula is C23H35N4O7S+. The summed E-state index contributed by atoms with van der Waals surface area (Å²) < 4.78 is 36.0. The second-order valence-electron chi connectivity index (χ2n) is 8.95. The van der Waals surface area contributed by atoms with Crippen molar-refractivity contribution in [3.05, 3.63) is 29.8 Å². The number of rotatable bonds is 8. The Labute approximate surface area is 206 Å². The fraction of sp³-hybridized carbons (Fsp3) is 0.609. The third-order valence-electron chi connectivity index (χ3n) is 6.56. The largest absolute Gasteiger partial charge is 0.497 e. The molecule has 3 N–H and O–H groups in total. The van der Waals surface area contributed by atoms with Gasteiger partial charge in [-0.05, 0) is 17.7 Å². The lowest BCUT2D eigenvalue weighted by molar-refractivity contribution is -0.664. The van der Waals surface area contributed by atoms with E-state index in [0.717, 1.165) is 42.1 Å². The van der Waals surface area contributed by atoms with Gasteiger partial charge in [0.25, 0.3) is 0 Å². The lowest BCUT2D eigenvalue weighted by atomic mass is 9.96. The van der Waals surface area contributed by atoms with E-state index in [2.05, 4.69) is 10.6 Å². The van der Waals surface area contributed by atoms with Crippen LogP contribution in [0.25, 0.3) is 0 Å². The van der Waals surface area contributed by atoms with E-state index in [0.29, 0.717) is 5.75 Å². The molecule has 0 radical (unpaired) electrons. The van der Waals surface area contributed by atoms with Gasteiger partial charge in [0, 0.05) is 44.8 Å². The number of hydrogen-bond acceptors (Lipinski definition) is 7. The number of carbonyl (C=O) groups is 3. The summed E-state index contributed by atoms with van der Waals surface area (Å²) in [5.41, 5.74) is 0.760. The van der Waals surface area contributed by atoms with Gasteiger partial charge in [-0.15, -0.1) is 0 Å². The first-order chi connectivity index (χ1) is 16.6. The predicted molar refractivity (Wildman–Crippen MR) is 127 cm³/mol. The number of benzene rings is 1. The average Bonchev–Trinajstić information content (AvgIpc) is 2.87. The number of amides is 2. The zero-order valence-corrected chi connectivity index (χ0v) is 21.3. The number of carbonyl (C=O) groups excluding carboxylic acids is 3. The number of nitrogens with one attached hydrogen (secondary N) is 1. The molecule has 2 aliphatic heterocycles. The molecule has 0 saturated carbocycles. The maximum atomic E-state index is 13.3. The van der Waals surface area contributed by atoms with Crippen molar-refractivity contribution in [2.24, 2.45) is 5.92 Å². The third kappa shape index (κ3) is 6.92. The Balaban J connectivity index is 1.77. The maximum absolute atomic E-state index is 13.3. The number of sulfonamides is 1. The Morgan fingerprint density at radius 2 is 1.77 bits per heavy atom. The van der Waals surface area contributed by atoms with Gasteiger partial charge in [0.1, 0.15) is 17.8 Å². The second kappa shape index (κ2) is 11.8. The molecule has 2 atom stereocenters. The molecule has 1 aromatic rings. The Kier molecular flexibility index (Phi) is 9.09. The lowest BCUT2D eigenvalue weighted by Crippen LogP contribution is -2.86. The van der Waals surface area contributed by atoms with E-state index in [9.17, 15) is 22.8 Å². The minimum absolute atomic E-state index is 0.0167. The van der Waals surface area contributed by atoms with E-state index < -0.39 is 34.0 Å². The highest BCUT2D eigenvalue weighted by atomic mass is 32.2. The maximum Gasteiger partial charge on any atom is 0.328 e. The molecule has 2 saturated heterocycles. The first kappa shape index (κ1) is 26.9. The summed E-state index contributed by atoms with van der Waals surface area (Å²) >= 11 is 0. The fourth-order valence-electron chi connectivity index (χ4n) is 4.61. The van der Waals surface area contributed by atoms with Gasteiger partial charge >= 0.3 is 5.97 Å². The summed E-state index contributed by atoms with van der Waals surface area (Å²) in [6, 6.07) is 4.86. The number of esters is 1. The quantitative estimate of drug-likeness (QED) is 0.399. The number of quaternary nitrogens is 1. The highest BCUT2D eigenvalue weighted by molar-refractivity contribution is 7.88. The van der Waals surface area contributed by atoms with Gasteiger partial charge in [0.15, 0.2) is 0 Å². The van der Waals surface area contributed by atoms with Crippen molar-refractivity contribution in [2.75, 3.05) is 53.2 Å². The highest BCUT2D eigenvalue weighted by Gasteiger charge is 2.41. The summed E-state index contributed by atoms with van der Waals surface area (Å²) in [4.78, 5) is 40.4. The number of piperazine rings is 1. The van der Waals surface area contributed by atoms with Gasteiger partial charge in [0.2, 0.25) is 21.8 Å². The number of hydrogen-bond donors (Lipinski definition) is 2. The molecule has 3 rings (SSSR count). The van der Waals surface area contributed by atoms with E-state index >= 15 is 0 Å². The normalized spacial score (nSPS) is 20.7. The van der Waals surface area contributed by atoms with Crippen LogP contribution in [0.1, 0.15) is 18.4 Å². The summed E-state index contributed by atoms with van der Waals surface area (Å²) in [6.07, 6.45) is 2.70. The molecule has 2 fully saturated rings. The van der Waals surface area contributed by atoms with Crippen molar-refractivity contribution in [1.82, 2.24) is 14.5 Å². The number of nitrogens with two attached hydrogens (primary N) is 1. The topological polar surface area (TPSA) is 139 Å². The summed E-state index contributed by atoms with van der Waals surface area (Å²) in [5, 5.41) is 4.83. The van der Waals surface area contributed by atoms with Crippen LogP contribution >= 0.6 is 0 Å². The highest BCUT2D eigenvalue weighted by Crippen LogP contribution is 2.20. The van der Waals surface area contributed by atoms with Crippen LogP contribution in [0.5, 0.6) is 5.75 Å². The number of piperidine rings is 1. The monoisotopic (exact) mass is 511 g/mol. The van der Waals surface area contributed by atoms with Crippen LogP contribution in [0, 0.1) is 5.92 Å². The fourth-order valence-corrected chi connectivity index (χ4v) is 5.65. The Hall–Kier alpha value is -2.70. The first-order valence-corrected chi connectivity index (χ1v) is 13.6. The smallest absolute Gasteiger partial charge is 0.328 e. The van der Waals surface area contributed by atoms with E-state index in [-0.39, 0.29) is 37.9 Å². The summed E-state index contributed by atoms with van der Waals surface area (Å²) in [5.74, 6) is -0.812. The molecule has 0 aliphatic carbocycles. The van der Waals surface area contributed by atoms with Crippen LogP contribution in [-0.2, 0) is 35.6 Å². The number of methoxy groups -OCH3 is 2. The molecule has 11 nitrogen and oxygen atoms in total. The Bertz CT molecular complexity index is 1010. The average molecular weight is 512 g/mol. The Morgan fingerprint density at radius 1 is 1.11 bits per heavy atom. The summed E-state index contributed by atoms with van der Waals surface area (Å²) in [7, 11) is -0.953. The van der Waals surface area contributed by atoms with Crippen LogP contribution in [-0.4, -0.2) is 101 Å². The van der Waals surface area contributed by atoms with Crippen LogP contribution in [0.2, 0.25) is 0 Å². The molecule has 0 unspecified atom stereocenters. The number of nitrogens with zero attached hydrogens (tertiary/aromatic N) is 2. The molecule has 35 heavy (non-hydrogen) atoms. The third-order valence-corrected chi connectivity index (χ3v) is 7.85. The van der Waals surface area contributed by atoms with Gasteiger partial charge < -0.3 is 25.0 Å². The van der Waals surface area contributed by atoms with Crippen molar-refractivity contribution in [2.45, 2.75) is 31.3 Å². The van der Waals surface area contributed by atoms with Crippen LogP contribution in [0.15, 0.2) is 24.3 Å². The van der Waals surface area contributed by atoms with Crippen molar-refractivity contribution < 1.29 is 37.6 Å². The number of ether oxygens (including phenoxy) is 2. The molecule has 2 aliphatic rings. The first-order valence-electron chi connectivity index (χ1n) is 11.7. The Morgan fingerprint density at radius 3 is 2.34 bits per heavy atom. The standard InChI is InChI=1S/C23H34N4O7S/c1-33-18-6-4-16(5-7-18)14-19(23(30)34-2)25-21(28)20-15-26(12-13-27(20)35(3,31)32)22(29)17-8-10-24-11-9-17/h4-7,17,19-20,24H,8-15H2,1-3H3,(H,25,28)/p+1/t19-,20-/m0/s1. The van der Waals surface area contributed by atoms with E-state index in [1.54, 1.807) is 36.3 Å². The van der Waals surface area contributed by atoms with E-state index in [1.165, 1.54) is 7.11 Å². The van der Waals surface area contributed by atoms with Gasteiger partial charge in [-0.3, -0.25) is 9.59 Å². The SMILES string of the molecule is COC(=O)[C@H](Cc1ccc(OC)cc1)NC(=O)[C@@H]1CN(C(=O)C2CC[NH2+]CC2)CCN1S(C)(=O)=O. The molecule has 1 aromatic carbocycles. The molecule has 0 aromatic heterocycles. The van der Waals surface area contributed by atoms with Gasteiger partial charge in [0.05, 0.1) is 33.6 Å². The molecule has 2 heterocycles.